The second kappa shape index (κ2) is 9.21. The second-order valence-corrected chi connectivity index (χ2v) is 6.40. The molecule has 2 aromatic rings. The number of hydrogen-bond donors (Lipinski definition) is 1. The number of aromatic nitrogens is 1. The summed E-state index contributed by atoms with van der Waals surface area (Å²) in [6.07, 6.45) is -1.20. The lowest BCUT2D eigenvalue weighted by Crippen LogP contribution is -2.25. The molecule has 0 amide bonds. The van der Waals surface area contributed by atoms with E-state index in [4.69, 9.17) is 14.2 Å². The maximum atomic E-state index is 12.8. The molecule has 10 nitrogen and oxygen atoms in total. The lowest BCUT2D eigenvalue weighted by Gasteiger charge is -2.12. The van der Waals surface area contributed by atoms with Gasteiger partial charge < -0.3 is 19.2 Å². The molecular formula is C20H22N2O8. The Labute approximate surface area is 172 Å². The molecule has 0 spiro atoms. The third-order valence-corrected chi connectivity index (χ3v) is 4.43. The van der Waals surface area contributed by atoms with Crippen molar-refractivity contribution >= 4 is 23.4 Å². The number of hydrogen-bond acceptors (Lipinski definition) is 8. The van der Waals surface area contributed by atoms with Crippen LogP contribution in [0.2, 0.25) is 0 Å². The maximum absolute atomic E-state index is 12.8. The number of carbonyl (C=O) groups excluding carboxylic acids is 3. The van der Waals surface area contributed by atoms with Gasteiger partial charge in [0.2, 0.25) is 5.78 Å². The Hall–Kier alpha value is -3.69. The van der Waals surface area contributed by atoms with E-state index in [1.54, 1.807) is 20.8 Å². The van der Waals surface area contributed by atoms with Crippen molar-refractivity contribution in [1.82, 2.24) is 4.98 Å². The Balaban J connectivity index is 2.23. The molecule has 0 aliphatic carbocycles. The van der Waals surface area contributed by atoms with E-state index in [0.717, 1.165) is 6.07 Å². The summed E-state index contributed by atoms with van der Waals surface area (Å²) >= 11 is 0. The van der Waals surface area contributed by atoms with Gasteiger partial charge in [0, 0.05) is 11.8 Å². The number of nitrogens with one attached hydrogen (secondary N) is 1. The highest BCUT2D eigenvalue weighted by Crippen LogP contribution is 2.28. The minimum atomic E-state index is -1.20. The first kappa shape index (κ1) is 22.6. The smallest absolute Gasteiger partial charge is 0.340 e. The Bertz CT molecular complexity index is 1010. The summed E-state index contributed by atoms with van der Waals surface area (Å²) < 4.78 is 15.1. The van der Waals surface area contributed by atoms with Crippen molar-refractivity contribution in [2.45, 2.75) is 33.8 Å². The molecule has 10 heteroatoms. The summed E-state index contributed by atoms with van der Waals surface area (Å²) in [7, 11) is 1.27. The largest absolute Gasteiger partial charge is 0.490 e. The molecule has 2 rings (SSSR count). The van der Waals surface area contributed by atoms with Gasteiger partial charge in [0.1, 0.15) is 0 Å². The van der Waals surface area contributed by atoms with Crippen molar-refractivity contribution < 1.29 is 33.5 Å². The fourth-order valence-electron chi connectivity index (χ4n) is 2.95. The molecule has 30 heavy (non-hydrogen) atoms. The zero-order chi connectivity index (χ0) is 22.6. The van der Waals surface area contributed by atoms with Crippen molar-refractivity contribution in [3.63, 3.8) is 0 Å². The number of esters is 2. The molecular weight excluding hydrogens is 396 g/mol. The third kappa shape index (κ3) is 4.48. The highest BCUT2D eigenvalue weighted by atomic mass is 16.6. The highest BCUT2D eigenvalue weighted by Gasteiger charge is 2.28. The van der Waals surface area contributed by atoms with Gasteiger partial charge in [-0.2, -0.15) is 0 Å². The third-order valence-electron chi connectivity index (χ3n) is 4.43. The van der Waals surface area contributed by atoms with Crippen LogP contribution in [0.5, 0.6) is 5.75 Å². The zero-order valence-corrected chi connectivity index (χ0v) is 17.2. The Morgan fingerprint density at radius 1 is 1.20 bits per heavy atom. The van der Waals surface area contributed by atoms with Crippen molar-refractivity contribution in [2.24, 2.45) is 0 Å². The predicted molar refractivity (Wildman–Crippen MR) is 105 cm³/mol. The Morgan fingerprint density at radius 2 is 1.87 bits per heavy atom. The van der Waals surface area contributed by atoms with Crippen molar-refractivity contribution in [1.29, 1.82) is 0 Å². The summed E-state index contributed by atoms with van der Waals surface area (Å²) in [5, 5.41) is 11.1. The molecule has 0 aliphatic heterocycles. The summed E-state index contributed by atoms with van der Waals surface area (Å²) in [5.74, 6) is -2.03. The number of aromatic amines is 1. The predicted octanol–water partition coefficient (Wildman–Crippen LogP) is 3.15. The molecule has 0 saturated carbocycles. The van der Waals surface area contributed by atoms with Crippen molar-refractivity contribution in [2.75, 3.05) is 13.7 Å². The second-order valence-electron chi connectivity index (χ2n) is 6.40. The fraction of sp³-hybridized carbons (Fsp3) is 0.350. The van der Waals surface area contributed by atoms with Gasteiger partial charge in [0.15, 0.2) is 11.9 Å². The van der Waals surface area contributed by atoms with E-state index in [1.807, 2.05) is 0 Å². The molecule has 0 aliphatic rings. The van der Waals surface area contributed by atoms with Crippen LogP contribution in [0.4, 0.5) is 5.69 Å². The van der Waals surface area contributed by atoms with Crippen molar-refractivity contribution in [3.05, 3.63) is 56.4 Å². The molecule has 0 saturated heterocycles. The van der Waals surface area contributed by atoms with Gasteiger partial charge in [-0.15, -0.1) is 0 Å². The van der Waals surface area contributed by atoms with Crippen molar-refractivity contribution in [3.8, 4) is 5.75 Å². The number of nitro groups is 1. The number of methoxy groups -OCH3 is 1. The van der Waals surface area contributed by atoms with E-state index in [2.05, 4.69) is 4.98 Å². The molecule has 0 fully saturated rings. The number of aryl methyl sites for hydroxylation is 1. The molecule has 1 heterocycles. The number of carbonyl (C=O) groups is 3. The van der Waals surface area contributed by atoms with Crippen LogP contribution in [-0.4, -0.2) is 47.4 Å². The minimum absolute atomic E-state index is 0.00958. The Kier molecular flexibility index (Phi) is 6.93. The monoisotopic (exact) mass is 418 g/mol. The molecule has 1 atom stereocenters. The zero-order valence-electron chi connectivity index (χ0n) is 17.2. The van der Waals surface area contributed by atoms with Crippen LogP contribution in [0.1, 0.15) is 56.3 Å². The van der Waals surface area contributed by atoms with E-state index in [0.29, 0.717) is 11.3 Å². The summed E-state index contributed by atoms with van der Waals surface area (Å²) in [6.45, 7) is 6.45. The molecule has 1 aromatic carbocycles. The van der Waals surface area contributed by atoms with Crippen LogP contribution in [0.25, 0.3) is 0 Å². The average Bonchev–Trinajstić information content (AvgIpc) is 3.00. The first-order valence-corrected chi connectivity index (χ1v) is 9.06. The number of benzene rings is 1. The lowest BCUT2D eigenvalue weighted by atomic mass is 10.1. The van der Waals surface area contributed by atoms with Gasteiger partial charge in [-0.3, -0.25) is 14.9 Å². The van der Waals surface area contributed by atoms with Crippen LogP contribution in [-0.2, 0) is 9.47 Å². The van der Waals surface area contributed by atoms with E-state index in [9.17, 15) is 24.5 Å². The lowest BCUT2D eigenvalue weighted by molar-refractivity contribution is -0.385. The van der Waals surface area contributed by atoms with Crippen LogP contribution in [0.15, 0.2) is 18.2 Å². The maximum Gasteiger partial charge on any atom is 0.340 e. The number of rotatable bonds is 8. The normalized spacial score (nSPS) is 11.5. The van der Waals surface area contributed by atoms with Crippen LogP contribution < -0.4 is 4.74 Å². The topological polar surface area (TPSA) is 138 Å². The molecule has 1 aromatic heterocycles. The van der Waals surface area contributed by atoms with Crippen LogP contribution >= 0.6 is 0 Å². The Morgan fingerprint density at radius 3 is 2.43 bits per heavy atom. The molecule has 0 bridgehead atoms. The SMILES string of the molecule is CCOC(=O)c1c(C)[nH]c(C(=O)C(C)OC(=O)c2ccc(OC)c([N+](=O)[O-])c2)c1C. The van der Waals surface area contributed by atoms with E-state index >= 15 is 0 Å². The van der Waals surface area contributed by atoms with Gasteiger partial charge in [-0.1, -0.05) is 0 Å². The first-order chi connectivity index (χ1) is 14.1. The molecule has 160 valence electrons. The number of H-pyrrole nitrogens is 1. The highest BCUT2D eigenvalue weighted by molar-refractivity contribution is 6.04. The average molecular weight is 418 g/mol. The molecule has 0 radical (unpaired) electrons. The fourth-order valence-corrected chi connectivity index (χ4v) is 2.95. The van der Waals surface area contributed by atoms with Gasteiger partial charge in [-0.25, -0.2) is 9.59 Å². The number of ketones is 1. The quantitative estimate of drug-likeness (QED) is 0.299. The molecule has 1 N–H and O–H groups in total. The number of Topliss-reactive ketones (excluding diaryl/α,β-unsaturated/α-hetero) is 1. The molecule has 1 unspecified atom stereocenters. The van der Waals surface area contributed by atoms with Gasteiger partial charge in [0.25, 0.3) is 0 Å². The van der Waals surface area contributed by atoms with E-state index in [-0.39, 0.29) is 29.2 Å². The van der Waals surface area contributed by atoms with Crippen LogP contribution in [0, 0.1) is 24.0 Å². The number of ether oxygens (including phenoxy) is 3. The standard InChI is InChI=1S/C20H22N2O8/c1-6-29-20(25)16-10(2)17(21-11(16)3)18(23)12(4)30-19(24)13-7-8-15(28-5)14(9-13)22(26)27/h7-9,12,21H,6H2,1-5H3. The van der Waals surface area contributed by atoms with Gasteiger partial charge in [-0.05, 0) is 45.4 Å². The van der Waals surface area contributed by atoms with E-state index in [1.165, 1.54) is 26.2 Å². The summed E-state index contributed by atoms with van der Waals surface area (Å²) in [5.41, 5.74) is 0.716. The number of nitro benzene ring substituents is 1. The summed E-state index contributed by atoms with van der Waals surface area (Å²) in [4.78, 5) is 50.5. The summed E-state index contributed by atoms with van der Waals surface area (Å²) in [6, 6.07) is 3.58. The van der Waals surface area contributed by atoms with E-state index < -0.39 is 34.4 Å². The van der Waals surface area contributed by atoms with Crippen LogP contribution in [0.3, 0.4) is 0 Å². The number of nitrogens with zero attached hydrogens (tertiary/aromatic N) is 1. The first-order valence-electron chi connectivity index (χ1n) is 9.06. The van der Waals surface area contributed by atoms with Gasteiger partial charge in [0.05, 0.1) is 35.5 Å². The van der Waals surface area contributed by atoms with Gasteiger partial charge >= 0.3 is 17.6 Å². The minimum Gasteiger partial charge on any atom is -0.490 e.